The van der Waals surface area contributed by atoms with Gasteiger partial charge in [0.15, 0.2) is 0 Å². The second-order valence-corrected chi connectivity index (χ2v) is 11.0. The monoisotopic (exact) mass is 526 g/mol. The van der Waals surface area contributed by atoms with Gasteiger partial charge in [-0.1, -0.05) is 38.1 Å². The molecule has 0 aromatic heterocycles. The zero-order valence-corrected chi connectivity index (χ0v) is 20.5. The number of alkyl carbamates (subject to hydrolysis) is 1. The Morgan fingerprint density at radius 3 is 2.30 bits per heavy atom. The molecule has 1 N–H and O–H groups in total. The molecule has 2 atom stereocenters. The summed E-state index contributed by atoms with van der Waals surface area (Å²) in [6.07, 6.45) is -8.04. The number of alkyl halides is 6. The molecule has 0 spiro atoms. The van der Waals surface area contributed by atoms with Gasteiger partial charge in [0.1, 0.15) is 6.10 Å². The lowest BCUT2D eigenvalue weighted by molar-refractivity contribution is -0.142. The van der Waals surface area contributed by atoms with Gasteiger partial charge in [-0.25, -0.2) is 4.79 Å². The van der Waals surface area contributed by atoms with Crippen LogP contribution in [0.2, 0.25) is 0 Å². The van der Waals surface area contributed by atoms with Crippen LogP contribution < -0.4 is 5.32 Å². The molecule has 6 rings (SSSR count). The van der Waals surface area contributed by atoms with Crippen molar-refractivity contribution in [3.8, 4) is 11.1 Å². The van der Waals surface area contributed by atoms with Crippen molar-refractivity contribution in [1.29, 1.82) is 0 Å². The number of nitrogens with zero attached hydrogens (tertiary/aromatic N) is 1. The average Bonchev–Trinajstić information content (AvgIpc) is 3.06. The van der Waals surface area contributed by atoms with Crippen molar-refractivity contribution in [2.24, 2.45) is 11.3 Å². The van der Waals surface area contributed by atoms with Crippen molar-refractivity contribution in [1.82, 2.24) is 10.2 Å². The highest BCUT2D eigenvalue weighted by Crippen LogP contribution is 2.48. The number of carbonyl (C=O) groups excluding carboxylic acids is 1. The number of hydrogen-bond donors (Lipinski definition) is 1. The lowest BCUT2D eigenvalue weighted by atomic mass is 9.85. The van der Waals surface area contributed by atoms with Crippen LogP contribution in [0.15, 0.2) is 36.4 Å². The summed E-state index contributed by atoms with van der Waals surface area (Å²) in [6, 6.07) is 5.96. The predicted octanol–water partition coefficient (Wildman–Crippen LogP) is 6.84. The molecule has 1 aliphatic carbocycles. The molecule has 0 radical (unpaired) electrons. The zero-order valence-electron chi connectivity index (χ0n) is 20.5. The third-order valence-electron chi connectivity index (χ3n) is 7.96. The van der Waals surface area contributed by atoms with Crippen LogP contribution >= 0.6 is 0 Å². The number of hydrogen-bond acceptors (Lipinski definition) is 3. The Bertz CT molecular complexity index is 1200. The fraction of sp³-hybridized carbons (Fsp3) is 0.519. The maximum Gasteiger partial charge on any atom is 0.417 e. The number of fused-ring (bicyclic) bond motifs is 4. The molecule has 3 aliphatic heterocycles. The van der Waals surface area contributed by atoms with E-state index >= 15 is 0 Å². The van der Waals surface area contributed by atoms with E-state index in [9.17, 15) is 31.1 Å². The molecule has 1 unspecified atom stereocenters. The standard InChI is InChI=1S/C27H28F6N2O2/c1-25(2)13-17-11-16(19-6-4-18(26(28,29)30)12-21(19)27(31,32)33)3-5-20(17)23(25)34-24(36)37-22-14-35-9-7-15(22)8-10-35/h3-6,11-12,15,22-23H,7-10,13-14H2,1-2H3,(H,34,36)/t22-,23?/m0/s1. The summed E-state index contributed by atoms with van der Waals surface area (Å²) in [5.41, 5.74) is -1.77. The van der Waals surface area contributed by atoms with Gasteiger partial charge < -0.3 is 10.1 Å². The van der Waals surface area contributed by atoms with Crippen LogP contribution in [-0.2, 0) is 23.5 Å². The number of piperidine rings is 3. The van der Waals surface area contributed by atoms with E-state index in [1.807, 2.05) is 13.8 Å². The average molecular weight is 527 g/mol. The van der Waals surface area contributed by atoms with Crippen LogP contribution in [0.3, 0.4) is 0 Å². The smallest absolute Gasteiger partial charge is 0.417 e. The summed E-state index contributed by atoms with van der Waals surface area (Å²) in [6.45, 7) is 6.66. The molecule has 2 aromatic rings. The Morgan fingerprint density at radius 2 is 1.70 bits per heavy atom. The number of nitrogens with one attached hydrogen (secondary N) is 1. The van der Waals surface area contributed by atoms with Gasteiger partial charge in [-0.05, 0) is 78.1 Å². The van der Waals surface area contributed by atoms with Crippen LogP contribution in [-0.4, -0.2) is 36.7 Å². The number of carbonyl (C=O) groups is 1. The van der Waals surface area contributed by atoms with Crippen LogP contribution in [0.25, 0.3) is 11.1 Å². The van der Waals surface area contributed by atoms with Crippen molar-refractivity contribution in [2.45, 2.75) is 57.6 Å². The second-order valence-electron chi connectivity index (χ2n) is 11.0. The van der Waals surface area contributed by atoms with Gasteiger partial charge in [0.25, 0.3) is 0 Å². The fourth-order valence-electron chi connectivity index (χ4n) is 6.04. The molecular formula is C27H28F6N2O2. The van der Waals surface area contributed by atoms with Gasteiger partial charge in [0.05, 0.1) is 17.2 Å². The van der Waals surface area contributed by atoms with E-state index in [1.165, 1.54) is 6.07 Å². The lowest BCUT2D eigenvalue weighted by Gasteiger charge is -2.44. The van der Waals surface area contributed by atoms with Crippen molar-refractivity contribution in [2.75, 3.05) is 19.6 Å². The van der Waals surface area contributed by atoms with E-state index in [0.29, 0.717) is 18.4 Å². The molecule has 2 aromatic carbocycles. The quantitative estimate of drug-likeness (QED) is 0.446. The minimum Gasteiger partial charge on any atom is -0.445 e. The third-order valence-corrected chi connectivity index (χ3v) is 7.96. The molecule has 200 valence electrons. The number of amides is 1. The first-order valence-electron chi connectivity index (χ1n) is 12.3. The molecule has 0 saturated carbocycles. The Morgan fingerprint density at radius 1 is 1.00 bits per heavy atom. The Kier molecular flexibility index (Phi) is 6.24. The molecule has 3 saturated heterocycles. The fourth-order valence-corrected chi connectivity index (χ4v) is 6.04. The summed E-state index contributed by atoms with van der Waals surface area (Å²) in [7, 11) is 0. The largest absolute Gasteiger partial charge is 0.445 e. The van der Waals surface area contributed by atoms with Gasteiger partial charge in [-0.3, -0.25) is 4.90 Å². The minimum atomic E-state index is -4.96. The number of ether oxygens (including phenoxy) is 1. The predicted molar refractivity (Wildman–Crippen MR) is 125 cm³/mol. The molecule has 10 heteroatoms. The van der Waals surface area contributed by atoms with Gasteiger partial charge in [-0.15, -0.1) is 0 Å². The Balaban J connectivity index is 1.40. The summed E-state index contributed by atoms with van der Waals surface area (Å²) >= 11 is 0. The lowest BCUT2D eigenvalue weighted by Crippen LogP contribution is -2.53. The van der Waals surface area contributed by atoms with Crippen molar-refractivity contribution < 1.29 is 35.9 Å². The molecule has 3 fully saturated rings. The van der Waals surface area contributed by atoms with E-state index < -0.39 is 41.0 Å². The van der Waals surface area contributed by atoms with E-state index in [1.54, 1.807) is 12.1 Å². The molecule has 2 bridgehead atoms. The van der Waals surface area contributed by atoms with Crippen LogP contribution in [0, 0.1) is 11.3 Å². The molecule has 3 heterocycles. The topological polar surface area (TPSA) is 41.6 Å². The first kappa shape index (κ1) is 25.9. The molecule has 4 aliphatic rings. The van der Waals surface area contributed by atoms with Gasteiger partial charge in [0.2, 0.25) is 0 Å². The minimum absolute atomic E-state index is 0.154. The highest BCUT2D eigenvalue weighted by molar-refractivity contribution is 5.72. The summed E-state index contributed by atoms with van der Waals surface area (Å²) in [5.74, 6) is 0.355. The summed E-state index contributed by atoms with van der Waals surface area (Å²) in [4.78, 5) is 15.1. The van der Waals surface area contributed by atoms with Crippen LogP contribution in [0.5, 0.6) is 0 Å². The van der Waals surface area contributed by atoms with E-state index in [2.05, 4.69) is 10.2 Å². The third kappa shape index (κ3) is 5.04. The summed E-state index contributed by atoms with van der Waals surface area (Å²) < 4.78 is 86.2. The van der Waals surface area contributed by atoms with E-state index in [4.69, 9.17) is 4.74 Å². The Labute approximate surface area is 211 Å². The molecular weight excluding hydrogens is 498 g/mol. The van der Waals surface area contributed by atoms with Crippen LogP contribution in [0.4, 0.5) is 31.1 Å². The first-order valence-corrected chi connectivity index (χ1v) is 12.3. The SMILES string of the molecule is CC1(C)Cc2cc(-c3ccc(C(F)(F)F)cc3C(F)(F)F)ccc2C1NC(=O)O[C@H]1CN2CCC1CC2. The number of rotatable bonds is 3. The molecule has 4 nitrogen and oxygen atoms in total. The van der Waals surface area contributed by atoms with Gasteiger partial charge in [0, 0.05) is 6.54 Å². The number of benzene rings is 2. The molecule has 1 amide bonds. The maximum absolute atomic E-state index is 13.7. The van der Waals surface area contributed by atoms with Crippen molar-refractivity contribution in [3.05, 3.63) is 58.7 Å². The van der Waals surface area contributed by atoms with E-state index in [0.717, 1.165) is 49.7 Å². The maximum atomic E-state index is 13.7. The molecule has 37 heavy (non-hydrogen) atoms. The number of halogens is 6. The normalized spacial score (nSPS) is 26.6. The highest BCUT2D eigenvalue weighted by atomic mass is 19.4. The van der Waals surface area contributed by atoms with E-state index in [-0.39, 0.29) is 23.3 Å². The summed E-state index contributed by atoms with van der Waals surface area (Å²) in [5, 5.41) is 2.97. The van der Waals surface area contributed by atoms with Crippen molar-refractivity contribution >= 4 is 6.09 Å². The zero-order chi connectivity index (χ0) is 26.8. The highest BCUT2D eigenvalue weighted by Gasteiger charge is 2.43. The first-order chi connectivity index (χ1) is 17.2. The van der Waals surface area contributed by atoms with Crippen LogP contribution in [0.1, 0.15) is 55.0 Å². The van der Waals surface area contributed by atoms with Crippen molar-refractivity contribution in [3.63, 3.8) is 0 Å². The van der Waals surface area contributed by atoms with Gasteiger partial charge in [-0.2, -0.15) is 26.3 Å². The second kappa shape index (κ2) is 8.92. The van der Waals surface area contributed by atoms with Gasteiger partial charge >= 0.3 is 18.4 Å². The Hall–Kier alpha value is -2.75.